The molecule has 0 aliphatic carbocycles. The van der Waals surface area contributed by atoms with Crippen molar-refractivity contribution in [1.29, 1.82) is 0 Å². The molecule has 6 nitrogen and oxygen atoms in total. The predicted octanol–water partition coefficient (Wildman–Crippen LogP) is 3.46. The maximum Gasteiger partial charge on any atom is 0.251 e. The van der Waals surface area contributed by atoms with Gasteiger partial charge in [0.1, 0.15) is 10.7 Å². The Morgan fingerprint density at radius 1 is 1.13 bits per heavy atom. The lowest BCUT2D eigenvalue weighted by molar-refractivity contribution is 0.0951. The third-order valence-electron chi connectivity index (χ3n) is 4.50. The number of aromatic nitrogens is 1. The summed E-state index contributed by atoms with van der Waals surface area (Å²) in [6, 6.07) is 13.8. The van der Waals surface area contributed by atoms with Crippen molar-refractivity contribution in [3.05, 3.63) is 100.0 Å². The molecule has 0 spiro atoms. The summed E-state index contributed by atoms with van der Waals surface area (Å²) in [7, 11) is -1.79. The van der Waals surface area contributed by atoms with Gasteiger partial charge in [-0.1, -0.05) is 12.1 Å². The van der Waals surface area contributed by atoms with Gasteiger partial charge in [-0.15, -0.1) is 0 Å². The first kappa shape index (κ1) is 19.7. The molecule has 1 aliphatic heterocycles. The minimum Gasteiger partial charge on any atom is -0.348 e. The van der Waals surface area contributed by atoms with Gasteiger partial charge in [-0.2, -0.15) is 0 Å². The van der Waals surface area contributed by atoms with Gasteiger partial charge in [-0.05, 0) is 59.7 Å². The Hall–Kier alpha value is -3.65. The number of amides is 1. The van der Waals surface area contributed by atoms with Gasteiger partial charge in [0.05, 0.1) is 5.69 Å². The Bertz CT molecular complexity index is 1200. The summed E-state index contributed by atoms with van der Waals surface area (Å²) in [5.74, 6) is -1.28. The van der Waals surface area contributed by atoms with Crippen molar-refractivity contribution in [2.75, 3.05) is 4.72 Å². The number of nitrogens with one attached hydrogen (secondary N) is 2. The number of rotatable bonds is 4. The molecular formula is C22H16FN3O3S. The van der Waals surface area contributed by atoms with Gasteiger partial charge >= 0.3 is 0 Å². The van der Waals surface area contributed by atoms with Gasteiger partial charge in [-0.3, -0.25) is 14.6 Å². The van der Waals surface area contributed by atoms with Crippen LogP contribution in [0.5, 0.6) is 0 Å². The highest BCUT2D eigenvalue weighted by molar-refractivity contribution is 7.91. The van der Waals surface area contributed by atoms with Crippen LogP contribution < -0.4 is 10.0 Å². The van der Waals surface area contributed by atoms with Crippen LogP contribution in [0.25, 0.3) is 6.08 Å². The average Bonchev–Trinajstić information content (AvgIpc) is 2.75. The molecule has 1 aliphatic rings. The fraction of sp³-hybridized carbons (Fsp3) is 0.0455. The zero-order valence-electron chi connectivity index (χ0n) is 15.6. The molecule has 0 radical (unpaired) electrons. The number of halogens is 1. The standard InChI is InChI=1S/C22H16FN3O3S/c23-17-3-1-2-15(10-17)11-20-21(27)18-12-16(4-5-19(18)26-30(20)29)22(28)25-13-14-6-8-24-9-7-14/h1-12,26H,13H2,(H,25,28)/b20-11+. The van der Waals surface area contributed by atoms with Gasteiger partial charge in [0.2, 0.25) is 5.78 Å². The van der Waals surface area contributed by atoms with Crippen molar-refractivity contribution in [2.45, 2.75) is 6.54 Å². The lowest BCUT2D eigenvalue weighted by Gasteiger charge is -2.19. The average molecular weight is 421 g/mol. The molecule has 2 heterocycles. The van der Waals surface area contributed by atoms with Crippen molar-refractivity contribution in [3.8, 4) is 0 Å². The van der Waals surface area contributed by atoms with Crippen LogP contribution in [0, 0.1) is 5.82 Å². The molecule has 8 heteroatoms. The van der Waals surface area contributed by atoms with E-state index in [4.69, 9.17) is 0 Å². The molecule has 0 saturated heterocycles. The summed E-state index contributed by atoms with van der Waals surface area (Å²) in [4.78, 5) is 29.4. The van der Waals surface area contributed by atoms with E-state index in [1.54, 1.807) is 42.7 Å². The van der Waals surface area contributed by atoms with Crippen LogP contribution in [0.4, 0.5) is 10.1 Å². The smallest absolute Gasteiger partial charge is 0.251 e. The predicted molar refractivity (Wildman–Crippen MR) is 112 cm³/mol. The maximum atomic E-state index is 13.4. The van der Waals surface area contributed by atoms with Gasteiger partial charge in [-0.25, -0.2) is 8.60 Å². The lowest BCUT2D eigenvalue weighted by Crippen LogP contribution is -2.25. The second-order valence-corrected chi connectivity index (χ2v) is 7.74. The molecule has 1 atom stereocenters. The molecule has 0 bridgehead atoms. The number of fused-ring (bicyclic) bond motifs is 1. The Balaban J connectivity index is 1.59. The minimum absolute atomic E-state index is 0.0116. The molecule has 30 heavy (non-hydrogen) atoms. The Kier molecular flexibility index (Phi) is 5.49. The molecule has 150 valence electrons. The van der Waals surface area contributed by atoms with E-state index >= 15 is 0 Å². The number of pyridine rings is 1. The highest BCUT2D eigenvalue weighted by atomic mass is 32.2. The molecule has 0 fully saturated rings. The van der Waals surface area contributed by atoms with Gasteiger partial charge in [0.25, 0.3) is 5.91 Å². The van der Waals surface area contributed by atoms with E-state index in [1.165, 1.54) is 30.3 Å². The van der Waals surface area contributed by atoms with E-state index in [0.717, 1.165) is 5.56 Å². The topological polar surface area (TPSA) is 88.2 Å². The highest BCUT2D eigenvalue weighted by Gasteiger charge is 2.28. The number of ketones is 1. The third-order valence-corrected chi connectivity index (χ3v) is 5.61. The van der Waals surface area contributed by atoms with Gasteiger partial charge in [0, 0.05) is 30.1 Å². The number of benzene rings is 2. The molecule has 0 saturated carbocycles. The zero-order chi connectivity index (χ0) is 21.1. The summed E-state index contributed by atoms with van der Waals surface area (Å²) in [5, 5.41) is 2.79. The lowest BCUT2D eigenvalue weighted by atomic mass is 10.0. The van der Waals surface area contributed by atoms with E-state index in [0.29, 0.717) is 23.4 Å². The van der Waals surface area contributed by atoms with Crippen LogP contribution in [-0.2, 0) is 17.5 Å². The minimum atomic E-state index is -1.79. The van der Waals surface area contributed by atoms with Crippen LogP contribution in [0.3, 0.4) is 0 Å². The fourth-order valence-electron chi connectivity index (χ4n) is 2.99. The number of allylic oxidation sites excluding steroid dienone is 1. The van der Waals surface area contributed by atoms with Crippen LogP contribution in [0.1, 0.15) is 31.8 Å². The highest BCUT2D eigenvalue weighted by Crippen LogP contribution is 2.29. The van der Waals surface area contributed by atoms with Crippen molar-refractivity contribution in [2.24, 2.45) is 0 Å². The van der Waals surface area contributed by atoms with Crippen LogP contribution in [0.15, 0.2) is 71.9 Å². The normalized spacial score (nSPS) is 16.6. The van der Waals surface area contributed by atoms with Crippen LogP contribution in [0.2, 0.25) is 0 Å². The summed E-state index contributed by atoms with van der Waals surface area (Å²) < 4.78 is 28.7. The van der Waals surface area contributed by atoms with Crippen molar-refractivity contribution in [1.82, 2.24) is 10.3 Å². The maximum absolute atomic E-state index is 13.4. The molecule has 1 aromatic heterocycles. The first-order valence-electron chi connectivity index (χ1n) is 9.03. The summed E-state index contributed by atoms with van der Waals surface area (Å²) in [5.41, 5.74) is 2.22. The Labute approximate surface area is 174 Å². The van der Waals surface area contributed by atoms with Crippen molar-refractivity contribution in [3.63, 3.8) is 0 Å². The summed E-state index contributed by atoms with van der Waals surface area (Å²) in [6.07, 6.45) is 4.66. The molecule has 4 rings (SSSR count). The Morgan fingerprint density at radius 3 is 2.70 bits per heavy atom. The summed E-state index contributed by atoms with van der Waals surface area (Å²) >= 11 is 0. The van der Waals surface area contributed by atoms with E-state index in [9.17, 15) is 18.2 Å². The number of carbonyl (C=O) groups excluding carboxylic acids is 2. The largest absolute Gasteiger partial charge is 0.348 e. The summed E-state index contributed by atoms with van der Waals surface area (Å²) in [6.45, 7) is 0.319. The number of nitrogens with zero attached hydrogens (tertiary/aromatic N) is 1. The third kappa shape index (κ3) is 4.18. The number of Topliss-reactive ketones (excluding diaryl/α,β-unsaturated/α-hetero) is 1. The van der Waals surface area contributed by atoms with E-state index in [1.807, 2.05) is 0 Å². The van der Waals surface area contributed by atoms with Crippen LogP contribution in [-0.4, -0.2) is 20.9 Å². The van der Waals surface area contributed by atoms with Gasteiger partial charge in [0.15, 0.2) is 11.0 Å². The molecule has 2 N–H and O–H groups in total. The van der Waals surface area contributed by atoms with E-state index in [2.05, 4.69) is 15.0 Å². The fourth-order valence-corrected chi connectivity index (χ4v) is 4.00. The number of anilines is 1. The molecule has 3 aromatic rings. The zero-order valence-corrected chi connectivity index (χ0v) is 16.4. The monoisotopic (exact) mass is 421 g/mol. The first-order valence-corrected chi connectivity index (χ1v) is 10.2. The van der Waals surface area contributed by atoms with Crippen molar-refractivity contribution >= 4 is 34.4 Å². The molecule has 1 amide bonds. The van der Waals surface area contributed by atoms with E-state index < -0.39 is 22.6 Å². The Morgan fingerprint density at radius 2 is 1.93 bits per heavy atom. The number of hydrogen-bond acceptors (Lipinski definition) is 4. The molecular weight excluding hydrogens is 405 g/mol. The van der Waals surface area contributed by atoms with E-state index in [-0.39, 0.29) is 16.4 Å². The molecule has 2 aromatic carbocycles. The second-order valence-electron chi connectivity index (χ2n) is 6.56. The van der Waals surface area contributed by atoms with Crippen molar-refractivity contribution < 1.29 is 18.2 Å². The van der Waals surface area contributed by atoms with Gasteiger partial charge < -0.3 is 10.0 Å². The quantitative estimate of drug-likeness (QED) is 0.632. The first-order chi connectivity index (χ1) is 14.5. The SMILES string of the molecule is O=C(NCc1ccncc1)c1ccc2c(c1)C(=O)/C(=C\c1cccc(F)c1)S(=O)N2. The molecule has 1 unspecified atom stereocenters. The number of hydrogen-bond donors (Lipinski definition) is 2. The number of carbonyl (C=O) groups is 2. The van der Waals surface area contributed by atoms with Crippen LogP contribution >= 0.6 is 0 Å². The second kappa shape index (κ2) is 8.38.